The summed E-state index contributed by atoms with van der Waals surface area (Å²) in [6.07, 6.45) is 3.46. The van der Waals surface area contributed by atoms with E-state index in [4.69, 9.17) is 4.98 Å². The molecule has 3 nitrogen and oxygen atoms in total. The molecule has 0 aliphatic heterocycles. The zero-order valence-corrected chi connectivity index (χ0v) is 33.7. The number of fused-ring (bicyclic) bond motifs is 5. The van der Waals surface area contributed by atoms with E-state index < -0.39 is 0 Å². The third-order valence-corrected chi connectivity index (χ3v) is 12.4. The number of benzene rings is 10. The summed E-state index contributed by atoms with van der Waals surface area (Å²) < 4.78 is 0. The molecule has 0 fully saturated rings. The number of hydrogen-bond donors (Lipinski definition) is 0. The molecule has 0 atom stereocenters. The molecule has 12 aromatic rings. The number of pyridine rings is 1. The molecule has 0 aliphatic carbocycles. The molecule has 2 aromatic heterocycles. The number of hydrogen-bond acceptors (Lipinski definition) is 3. The van der Waals surface area contributed by atoms with E-state index in [1.54, 1.807) is 6.33 Å². The zero-order valence-electron chi connectivity index (χ0n) is 33.7. The Kier molecular flexibility index (Phi) is 8.50. The van der Waals surface area contributed by atoms with E-state index >= 15 is 0 Å². The van der Waals surface area contributed by atoms with Gasteiger partial charge in [0.25, 0.3) is 0 Å². The van der Waals surface area contributed by atoms with Gasteiger partial charge in [0.15, 0.2) is 0 Å². The van der Waals surface area contributed by atoms with Crippen LogP contribution >= 0.6 is 0 Å². The van der Waals surface area contributed by atoms with E-state index in [-0.39, 0.29) is 0 Å². The Morgan fingerprint density at radius 2 is 0.661 bits per heavy atom. The van der Waals surface area contributed by atoms with Crippen LogP contribution < -0.4 is 0 Å². The van der Waals surface area contributed by atoms with Gasteiger partial charge in [0.1, 0.15) is 6.33 Å². The Balaban J connectivity index is 0.969. The molecule has 0 aliphatic rings. The maximum atomic E-state index is 5.39. The molecule has 12 rings (SSSR count). The van der Waals surface area contributed by atoms with E-state index in [1.807, 2.05) is 6.20 Å². The monoisotopic (exact) mass is 787 g/mol. The minimum atomic E-state index is 0.925. The summed E-state index contributed by atoms with van der Waals surface area (Å²) in [7, 11) is 0. The molecular formula is C59H37N3. The normalized spacial score (nSPS) is 11.5. The average Bonchev–Trinajstić information content (AvgIpc) is 3.35. The van der Waals surface area contributed by atoms with Crippen LogP contribution in [0, 0.1) is 0 Å². The van der Waals surface area contributed by atoms with Crippen LogP contribution in [0.15, 0.2) is 225 Å². The molecule has 3 heteroatoms. The molecule has 0 radical (unpaired) electrons. The van der Waals surface area contributed by atoms with Gasteiger partial charge < -0.3 is 0 Å². The van der Waals surface area contributed by atoms with Crippen molar-refractivity contribution in [2.75, 3.05) is 0 Å². The first-order valence-electron chi connectivity index (χ1n) is 21.1. The van der Waals surface area contributed by atoms with E-state index in [1.165, 1.54) is 65.3 Å². The van der Waals surface area contributed by atoms with Gasteiger partial charge in [0, 0.05) is 22.7 Å². The lowest BCUT2D eigenvalue weighted by atomic mass is 9.91. The van der Waals surface area contributed by atoms with Crippen molar-refractivity contribution in [3.05, 3.63) is 225 Å². The van der Waals surface area contributed by atoms with Crippen LogP contribution in [-0.2, 0) is 0 Å². The van der Waals surface area contributed by atoms with Crippen molar-refractivity contribution in [2.45, 2.75) is 0 Å². The summed E-state index contributed by atoms with van der Waals surface area (Å²) in [6.45, 7) is 0. The molecule has 288 valence electrons. The third-order valence-electron chi connectivity index (χ3n) is 12.4. The largest absolute Gasteiger partial charge is 0.248 e. The fourth-order valence-corrected chi connectivity index (χ4v) is 9.27. The zero-order chi connectivity index (χ0) is 41.0. The van der Waals surface area contributed by atoms with Crippen LogP contribution in [0.2, 0.25) is 0 Å². The van der Waals surface area contributed by atoms with E-state index in [0.717, 1.165) is 55.7 Å². The Morgan fingerprint density at radius 1 is 0.274 bits per heavy atom. The highest BCUT2D eigenvalue weighted by Gasteiger charge is 2.15. The highest BCUT2D eigenvalue weighted by atomic mass is 14.8. The molecule has 0 spiro atoms. The molecule has 62 heavy (non-hydrogen) atoms. The van der Waals surface area contributed by atoms with Gasteiger partial charge in [-0.1, -0.05) is 182 Å². The minimum Gasteiger partial charge on any atom is -0.248 e. The first-order chi connectivity index (χ1) is 30.7. The highest BCUT2D eigenvalue weighted by Crippen LogP contribution is 2.40. The topological polar surface area (TPSA) is 38.7 Å². The third kappa shape index (κ3) is 6.27. The molecule has 0 amide bonds. The highest BCUT2D eigenvalue weighted by molar-refractivity contribution is 6.14. The Morgan fingerprint density at radius 3 is 1.13 bits per heavy atom. The maximum absolute atomic E-state index is 5.39. The van der Waals surface area contributed by atoms with Crippen LogP contribution in [0.1, 0.15) is 0 Å². The van der Waals surface area contributed by atoms with Crippen LogP contribution in [0.4, 0.5) is 0 Å². The van der Waals surface area contributed by atoms with Gasteiger partial charge in [-0.15, -0.1) is 0 Å². The molecule has 2 heterocycles. The van der Waals surface area contributed by atoms with Gasteiger partial charge in [-0.3, -0.25) is 0 Å². The summed E-state index contributed by atoms with van der Waals surface area (Å²) in [5.41, 5.74) is 14.3. The SMILES string of the molecule is c1ccc2c(-c3ccc(-c4cc(-c5ccc(-c6ccc7cncnc7c6)cc5)cc(-c5ccc(-c6c7ccccc7cc7ccccc67)cc5)n4)cc3)c3ccccc3cc2c1. The van der Waals surface area contributed by atoms with Crippen LogP contribution in [0.5, 0.6) is 0 Å². The van der Waals surface area contributed by atoms with Crippen LogP contribution in [0.25, 0.3) is 121 Å². The van der Waals surface area contributed by atoms with E-state index in [0.29, 0.717) is 0 Å². The van der Waals surface area contributed by atoms with Crippen molar-refractivity contribution in [2.24, 2.45) is 0 Å². The van der Waals surface area contributed by atoms with Gasteiger partial charge in [0.05, 0.1) is 16.9 Å². The van der Waals surface area contributed by atoms with E-state index in [2.05, 4.69) is 222 Å². The summed E-state index contributed by atoms with van der Waals surface area (Å²) in [5, 5.41) is 11.0. The lowest BCUT2D eigenvalue weighted by molar-refractivity contribution is 1.22. The minimum absolute atomic E-state index is 0.925. The predicted molar refractivity (Wildman–Crippen MR) is 260 cm³/mol. The molecule has 0 unspecified atom stereocenters. The average molecular weight is 788 g/mol. The van der Waals surface area contributed by atoms with Crippen LogP contribution in [0.3, 0.4) is 0 Å². The summed E-state index contributed by atoms with van der Waals surface area (Å²) in [6, 6.07) is 76.9. The second-order valence-electron chi connectivity index (χ2n) is 16.0. The molecule has 0 saturated heterocycles. The van der Waals surface area contributed by atoms with Crippen molar-refractivity contribution in [1.29, 1.82) is 0 Å². The lowest BCUT2D eigenvalue weighted by Crippen LogP contribution is -1.92. The number of nitrogens with zero attached hydrogens (tertiary/aromatic N) is 3. The fraction of sp³-hybridized carbons (Fsp3) is 0. The smallest absolute Gasteiger partial charge is 0.116 e. The summed E-state index contributed by atoms with van der Waals surface area (Å²) in [5.74, 6) is 0. The second-order valence-corrected chi connectivity index (χ2v) is 16.0. The molecule has 0 bridgehead atoms. The van der Waals surface area contributed by atoms with Crippen molar-refractivity contribution in [3.8, 4) is 67.0 Å². The summed E-state index contributed by atoms with van der Waals surface area (Å²) in [4.78, 5) is 14.1. The first kappa shape index (κ1) is 35.7. The van der Waals surface area contributed by atoms with Crippen LogP contribution in [-0.4, -0.2) is 15.0 Å². The number of aromatic nitrogens is 3. The lowest BCUT2D eigenvalue weighted by Gasteiger charge is -2.14. The predicted octanol–water partition coefficient (Wildman–Crippen LogP) is 15.6. The van der Waals surface area contributed by atoms with Gasteiger partial charge >= 0.3 is 0 Å². The molecule has 0 saturated carbocycles. The molecule has 0 N–H and O–H groups in total. The quantitative estimate of drug-likeness (QED) is 0.158. The van der Waals surface area contributed by atoms with Gasteiger partial charge in [-0.05, 0) is 118 Å². The maximum Gasteiger partial charge on any atom is 0.116 e. The van der Waals surface area contributed by atoms with Gasteiger partial charge in [0.2, 0.25) is 0 Å². The number of rotatable bonds is 6. The second kappa shape index (κ2) is 14.8. The summed E-state index contributed by atoms with van der Waals surface area (Å²) >= 11 is 0. The standard InChI is InChI=1S/C59H37N3/c1-5-13-51-45(9-1)31-46-10-2-6-14-52(46)58(51)42-25-21-40(22-26-42)56-34-50(39-19-17-38(18-20-39)44-29-30-49-36-60-37-61-55(49)33-44)35-57(62-56)41-23-27-43(28-24-41)59-53-15-7-3-11-47(53)32-48-12-4-8-16-54(48)59/h1-37H. The first-order valence-corrected chi connectivity index (χ1v) is 21.1. The fourth-order valence-electron chi connectivity index (χ4n) is 9.27. The van der Waals surface area contributed by atoms with Gasteiger partial charge in [-0.2, -0.15) is 0 Å². The van der Waals surface area contributed by atoms with Crippen molar-refractivity contribution in [1.82, 2.24) is 15.0 Å². The van der Waals surface area contributed by atoms with Crippen molar-refractivity contribution >= 4 is 54.0 Å². The van der Waals surface area contributed by atoms with Crippen molar-refractivity contribution in [3.63, 3.8) is 0 Å². The Labute approximate surface area is 359 Å². The molecular weight excluding hydrogens is 751 g/mol. The molecule has 10 aromatic carbocycles. The van der Waals surface area contributed by atoms with Gasteiger partial charge in [-0.25, -0.2) is 15.0 Å². The Bertz CT molecular complexity index is 3380. The van der Waals surface area contributed by atoms with E-state index in [9.17, 15) is 0 Å². The Hall–Kier alpha value is -8.27. The van der Waals surface area contributed by atoms with Crippen molar-refractivity contribution < 1.29 is 0 Å².